The highest BCUT2D eigenvalue weighted by molar-refractivity contribution is 5.84. The van der Waals surface area contributed by atoms with E-state index in [1.54, 1.807) is 31.0 Å². The van der Waals surface area contributed by atoms with E-state index in [1.807, 2.05) is 65.4 Å². The minimum Gasteiger partial charge on any atom is -0.364 e. The molecule has 3 heterocycles. The second-order valence-corrected chi connectivity index (χ2v) is 6.92. The van der Waals surface area contributed by atoms with E-state index in [9.17, 15) is 0 Å². The Morgan fingerprint density at radius 1 is 0.900 bits per heavy atom. The van der Waals surface area contributed by atoms with Crippen molar-refractivity contribution in [1.29, 1.82) is 0 Å². The lowest BCUT2D eigenvalue weighted by Crippen LogP contribution is -2.04. The molecular weight excluding hydrogens is 377 g/mol. The molecule has 1 N–H and O–H groups in total. The van der Waals surface area contributed by atoms with E-state index < -0.39 is 0 Å². The molecule has 0 saturated carbocycles. The molecule has 5 aromatic rings. The quantitative estimate of drug-likeness (QED) is 0.443. The number of hydrogen-bond acceptors (Lipinski definition) is 4. The Balaban J connectivity index is 1.36. The Labute approximate surface area is 172 Å². The van der Waals surface area contributed by atoms with Gasteiger partial charge in [0.1, 0.15) is 0 Å². The predicted octanol–water partition coefficient (Wildman–Crippen LogP) is 5.23. The smallest absolute Gasteiger partial charge is 0.173 e. The normalized spacial score (nSPS) is 11.0. The van der Waals surface area contributed by atoms with Crippen LogP contribution in [0.1, 0.15) is 5.56 Å². The fraction of sp³-hybridized carbons (Fsp3) is 0.0417. The molecule has 0 bridgehead atoms. The Hall–Kier alpha value is -4.06. The number of nitrogens with zero attached hydrogens (tertiary/aromatic N) is 4. The van der Waals surface area contributed by atoms with Crippen molar-refractivity contribution in [2.75, 3.05) is 5.32 Å². The van der Waals surface area contributed by atoms with Crippen LogP contribution < -0.4 is 5.32 Å². The van der Waals surface area contributed by atoms with Crippen molar-refractivity contribution >= 4 is 16.7 Å². The van der Waals surface area contributed by atoms with Gasteiger partial charge in [-0.2, -0.15) is 0 Å². The average Bonchev–Trinajstić information content (AvgIpc) is 3.33. The minimum atomic E-state index is -0.365. The van der Waals surface area contributed by atoms with Gasteiger partial charge in [-0.05, 0) is 47.5 Å². The fourth-order valence-electron chi connectivity index (χ4n) is 3.42. The molecule has 0 aliphatic carbocycles. The summed E-state index contributed by atoms with van der Waals surface area (Å²) in [4.78, 5) is 12.6. The molecule has 0 unspecified atom stereocenters. The monoisotopic (exact) mass is 395 g/mol. The largest absolute Gasteiger partial charge is 0.364 e. The van der Waals surface area contributed by atoms with E-state index in [-0.39, 0.29) is 11.6 Å². The maximum absolute atomic E-state index is 15.2. The predicted molar refractivity (Wildman–Crippen MR) is 116 cm³/mol. The standard InChI is InChI=1S/C24H18FN5/c25-23-21(18-5-8-22-19(14-18)2-1-10-27-22)9-11-28-24(23)29-15-17-3-6-20(7-4-17)30-13-12-26-16-30/h1-14,16H,15H2,(H,28,29). The number of imidazole rings is 1. The van der Waals surface area contributed by atoms with E-state index in [4.69, 9.17) is 0 Å². The maximum atomic E-state index is 15.2. The third kappa shape index (κ3) is 3.51. The fourth-order valence-corrected chi connectivity index (χ4v) is 3.42. The second-order valence-electron chi connectivity index (χ2n) is 6.92. The lowest BCUT2D eigenvalue weighted by Gasteiger charge is -2.11. The third-order valence-electron chi connectivity index (χ3n) is 5.00. The first kappa shape index (κ1) is 18.0. The van der Waals surface area contributed by atoms with Gasteiger partial charge in [-0.1, -0.05) is 24.3 Å². The van der Waals surface area contributed by atoms with Gasteiger partial charge in [0.05, 0.1) is 11.8 Å². The van der Waals surface area contributed by atoms with Crippen molar-refractivity contribution in [3.63, 3.8) is 0 Å². The van der Waals surface area contributed by atoms with E-state index in [1.165, 1.54) is 0 Å². The SMILES string of the molecule is Fc1c(-c2ccc3ncccc3c2)ccnc1NCc1ccc(-n2ccnc2)cc1. The van der Waals surface area contributed by atoms with Gasteiger partial charge < -0.3 is 9.88 Å². The van der Waals surface area contributed by atoms with Crippen LogP contribution in [-0.2, 0) is 6.54 Å². The van der Waals surface area contributed by atoms with E-state index in [2.05, 4.69) is 20.3 Å². The highest BCUT2D eigenvalue weighted by atomic mass is 19.1. The highest BCUT2D eigenvalue weighted by Crippen LogP contribution is 2.28. The van der Waals surface area contributed by atoms with Crippen LogP contribution in [0.25, 0.3) is 27.7 Å². The first-order valence-electron chi connectivity index (χ1n) is 9.59. The summed E-state index contributed by atoms with van der Waals surface area (Å²) >= 11 is 0. The van der Waals surface area contributed by atoms with Crippen LogP contribution >= 0.6 is 0 Å². The highest BCUT2D eigenvalue weighted by Gasteiger charge is 2.12. The Morgan fingerprint density at radius 3 is 2.63 bits per heavy atom. The van der Waals surface area contributed by atoms with E-state index in [0.29, 0.717) is 12.1 Å². The Kier molecular flexibility index (Phi) is 4.65. The van der Waals surface area contributed by atoms with Gasteiger partial charge >= 0.3 is 0 Å². The maximum Gasteiger partial charge on any atom is 0.173 e. The number of aromatic nitrogens is 4. The van der Waals surface area contributed by atoms with Crippen molar-refractivity contribution < 1.29 is 4.39 Å². The molecule has 2 aromatic carbocycles. The number of pyridine rings is 2. The van der Waals surface area contributed by atoms with Gasteiger partial charge in [0, 0.05) is 48.0 Å². The van der Waals surface area contributed by atoms with Crippen LogP contribution in [-0.4, -0.2) is 19.5 Å². The molecule has 5 rings (SSSR count). The first-order valence-corrected chi connectivity index (χ1v) is 9.59. The molecule has 0 atom stereocenters. The van der Waals surface area contributed by atoms with Crippen LogP contribution in [0.4, 0.5) is 10.2 Å². The van der Waals surface area contributed by atoms with Crippen molar-refractivity contribution in [2.24, 2.45) is 0 Å². The molecule has 30 heavy (non-hydrogen) atoms. The number of anilines is 1. The van der Waals surface area contributed by atoms with Gasteiger partial charge in [0.2, 0.25) is 0 Å². The molecule has 5 nitrogen and oxygen atoms in total. The van der Waals surface area contributed by atoms with Gasteiger partial charge in [-0.3, -0.25) is 4.98 Å². The molecule has 0 fully saturated rings. The van der Waals surface area contributed by atoms with Crippen molar-refractivity contribution in [2.45, 2.75) is 6.54 Å². The lowest BCUT2D eigenvalue weighted by molar-refractivity contribution is 0.628. The number of fused-ring (bicyclic) bond motifs is 1. The lowest BCUT2D eigenvalue weighted by atomic mass is 10.0. The van der Waals surface area contributed by atoms with Crippen LogP contribution in [0.15, 0.2) is 91.8 Å². The van der Waals surface area contributed by atoms with E-state index in [0.717, 1.165) is 27.7 Å². The topological polar surface area (TPSA) is 55.6 Å². The first-order chi connectivity index (χ1) is 14.8. The zero-order valence-corrected chi connectivity index (χ0v) is 16.0. The van der Waals surface area contributed by atoms with Crippen LogP contribution in [0.2, 0.25) is 0 Å². The van der Waals surface area contributed by atoms with Gasteiger partial charge in [-0.15, -0.1) is 0 Å². The number of hydrogen-bond donors (Lipinski definition) is 1. The number of halogens is 1. The number of rotatable bonds is 5. The summed E-state index contributed by atoms with van der Waals surface area (Å²) in [6, 6.07) is 19.3. The molecule has 3 aromatic heterocycles. The van der Waals surface area contributed by atoms with E-state index >= 15 is 4.39 Å². The van der Waals surface area contributed by atoms with Crippen molar-refractivity contribution in [3.05, 3.63) is 103 Å². The Bertz CT molecular complexity index is 1300. The van der Waals surface area contributed by atoms with Crippen molar-refractivity contribution in [3.8, 4) is 16.8 Å². The summed E-state index contributed by atoms with van der Waals surface area (Å²) in [6.07, 6.45) is 8.75. The molecule has 0 saturated heterocycles. The van der Waals surface area contributed by atoms with Crippen LogP contribution in [0.3, 0.4) is 0 Å². The molecule has 146 valence electrons. The molecule has 0 amide bonds. The second kappa shape index (κ2) is 7.75. The molecular formula is C24H18FN5. The summed E-state index contributed by atoms with van der Waals surface area (Å²) in [5.41, 5.74) is 4.24. The molecule has 0 radical (unpaired) electrons. The number of nitrogens with one attached hydrogen (secondary N) is 1. The summed E-state index contributed by atoms with van der Waals surface area (Å²) in [6.45, 7) is 0.471. The van der Waals surface area contributed by atoms with Crippen LogP contribution in [0, 0.1) is 5.82 Å². The molecule has 0 aliphatic rings. The number of benzene rings is 2. The van der Waals surface area contributed by atoms with Gasteiger partial charge in [0.25, 0.3) is 0 Å². The Morgan fingerprint density at radius 2 is 1.80 bits per heavy atom. The zero-order chi connectivity index (χ0) is 20.3. The van der Waals surface area contributed by atoms with Crippen molar-refractivity contribution in [1.82, 2.24) is 19.5 Å². The van der Waals surface area contributed by atoms with Gasteiger partial charge in [0.15, 0.2) is 11.6 Å². The zero-order valence-electron chi connectivity index (χ0n) is 16.0. The van der Waals surface area contributed by atoms with Gasteiger partial charge in [-0.25, -0.2) is 14.4 Å². The summed E-state index contributed by atoms with van der Waals surface area (Å²) in [5.74, 6) is -0.131. The average molecular weight is 395 g/mol. The third-order valence-corrected chi connectivity index (χ3v) is 5.00. The molecule has 0 spiro atoms. The summed E-state index contributed by atoms with van der Waals surface area (Å²) < 4.78 is 17.1. The minimum absolute atomic E-state index is 0.234. The van der Waals surface area contributed by atoms with Crippen LogP contribution in [0.5, 0.6) is 0 Å². The molecule has 6 heteroatoms. The summed E-state index contributed by atoms with van der Waals surface area (Å²) in [7, 11) is 0. The summed E-state index contributed by atoms with van der Waals surface area (Å²) in [5, 5.41) is 4.08. The molecule has 0 aliphatic heterocycles.